The van der Waals surface area contributed by atoms with Crippen LogP contribution in [0.5, 0.6) is 11.5 Å². The monoisotopic (exact) mass is 267 g/mol. The standard InChI is InChI=1S/C14H21NO4/c1-14(2,8-15)9-19-11-6-5-10(13(16)18-4)7-12(11)17-3/h5-7H,8-9,15H2,1-4H3. The minimum absolute atomic E-state index is 0.119. The molecule has 1 rings (SSSR count). The highest BCUT2D eigenvalue weighted by Crippen LogP contribution is 2.29. The molecule has 0 fully saturated rings. The van der Waals surface area contributed by atoms with Gasteiger partial charge in [-0.15, -0.1) is 0 Å². The highest BCUT2D eigenvalue weighted by molar-refractivity contribution is 5.90. The number of methoxy groups -OCH3 is 2. The first-order chi connectivity index (χ1) is 8.93. The SMILES string of the molecule is COC(=O)c1ccc(OCC(C)(C)CN)c(OC)c1. The molecular weight excluding hydrogens is 246 g/mol. The van der Waals surface area contributed by atoms with Crippen molar-refractivity contribution in [1.82, 2.24) is 0 Å². The summed E-state index contributed by atoms with van der Waals surface area (Å²) in [6.45, 7) is 5.03. The van der Waals surface area contributed by atoms with E-state index in [1.165, 1.54) is 14.2 Å². The Morgan fingerprint density at radius 2 is 1.95 bits per heavy atom. The van der Waals surface area contributed by atoms with Gasteiger partial charge in [0.2, 0.25) is 0 Å². The van der Waals surface area contributed by atoms with E-state index in [0.717, 1.165) is 0 Å². The Balaban J connectivity index is 2.88. The predicted octanol–water partition coefficient (Wildman–Crippen LogP) is 1.85. The molecule has 0 aromatic heterocycles. The zero-order valence-electron chi connectivity index (χ0n) is 11.9. The van der Waals surface area contributed by atoms with Crippen molar-refractivity contribution in [1.29, 1.82) is 0 Å². The minimum atomic E-state index is -0.410. The first-order valence-electron chi connectivity index (χ1n) is 6.03. The highest BCUT2D eigenvalue weighted by atomic mass is 16.5. The van der Waals surface area contributed by atoms with Gasteiger partial charge in [0, 0.05) is 12.0 Å². The van der Waals surface area contributed by atoms with Crippen LogP contribution in [0.15, 0.2) is 18.2 Å². The summed E-state index contributed by atoms with van der Waals surface area (Å²) in [5, 5.41) is 0. The number of hydrogen-bond donors (Lipinski definition) is 1. The lowest BCUT2D eigenvalue weighted by Crippen LogP contribution is -2.30. The molecular formula is C14H21NO4. The van der Waals surface area contributed by atoms with Gasteiger partial charge in [-0.05, 0) is 18.2 Å². The van der Waals surface area contributed by atoms with Crippen LogP contribution in [0, 0.1) is 5.41 Å². The van der Waals surface area contributed by atoms with E-state index in [2.05, 4.69) is 4.74 Å². The van der Waals surface area contributed by atoms with E-state index in [1.807, 2.05) is 13.8 Å². The zero-order valence-corrected chi connectivity index (χ0v) is 11.9. The molecule has 1 aromatic carbocycles. The van der Waals surface area contributed by atoms with Crippen LogP contribution in [0.4, 0.5) is 0 Å². The fraction of sp³-hybridized carbons (Fsp3) is 0.500. The lowest BCUT2D eigenvalue weighted by atomic mass is 9.95. The minimum Gasteiger partial charge on any atom is -0.493 e. The normalized spacial score (nSPS) is 11.0. The Morgan fingerprint density at radius 1 is 1.26 bits per heavy atom. The van der Waals surface area contributed by atoms with Crippen LogP contribution in [0.1, 0.15) is 24.2 Å². The van der Waals surface area contributed by atoms with Crippen molar-refractivity contribution in [2.45, 2.75) is 13.8 Å². The first-order valence-corrected chi connectivity index (χ1v) is 6.03. The van der Waals surface area contributed by atoms with Gasteiger partial charge in [-0.25, -0.2) is 4.79 Å². The molecule has 106 valence electrons. The van der Waals surface area contributed by atoms with Crippen molar-refractivity contribution in [3.63, 3.8) is 0 Å². The molecule has 0 saturated carbocycles. The van der Waals surface area contributed by atoms with Gasteiger partial charge in [0.25, 0.3) is 0 Å². The molecule has 5 heteroatoms. The Hall–Kier alpha value is -1.75. The molecule has 5 nitrogen and oxygen atoms in total. The second-order valence-electron chi connectivity index (χ2n) is 5.01. The summed E-state index contributed by atoms with van der Waals surface area (Å²) in [7, 11) is 2.86. The molecule has 19 heavy (non-hydrogen) atoms. The number of nitrogens with two attached hydrogens (primary N) is 1. The number of ether oxygens (including phenoxy) is 3. The van der Waals surface area contributed by atoms with E-state index >= 15 is 0 Å². The Kier molecular flexibility index (Phi) is 5.18. The van der Waals surface area contributed by atoms with Crippen molar-refractivity contribution in [2.24, 2.45) is 11.1 Å². The first kappa shape index (κ1) is 15.3. The van der Waals surface area contributed by atoms with Crippen molar-refractivity contribution in [3.8, 4) is 11.5 Å². The van der Waals surface area contributed by atoms with Gasteiger partial charge in [0.05, 0.1) is 26.4 Å². The molecule has 0 aliphatic rings. The molecule has 0 heterocycles. The van der Waals surface area contributed by atoms with Crippen LogP contribution >= 0.6 is 0 Å². The van der Waals surface area contributed by atoms with Crippen molar-refractivity contribution in [2.75, 3.05) is 27.4 Å². The maximum absolute atomic E-state index is 11.4. The summed E-state index contributed by atoms with van der Waals surface area (Å²) in [6, 6.07) is 4.92. The van der Waals surface area contributed by atoms with E-state index in [-0.39, 0.29) is 5.41 Å². The van der Waals surface area contributed by atoms with Crippen molar-refractivity contribution in [3.05, 3.63) is 23.8 Å². The molecule has 1 aromatic rings. The molecule has 0 aliphatic heterocycles. The molecule has 0 bridgehead atoms. The maximum Gasteiger partial charge on any atom is 0.337 e. The van der Waals surface area contributed by atoms with E-state index in [4.69, 9.17) is 15.2 Å². The van der Waals surface area contributed by atoms with Crippen LogP contribution < -0.4 is 15.2 Å². The van der Waals surface area contributed by atoms with Crippen molar-refractivity contribution < 1.29 is 19.0 Å². The third-order valence-electron chi connectivity index (χ3n) is 2.76. The summed E-state index contributed by atoms with van der Waals surface area (Å²) in [5.74, 6) is 0.666. The molecule has 0 spiro atoms. The smallest absolute Gasteiger partial charge is 0.337 e. The fourth-order valence-electron chi connectivity index (χ4n) is 1.36. The summed E-state index contributed by atoms with van der Waals surface area (Å²) in [4.78, 5) is 11.4. The average molecular weight is 267 g/mol. The quantitative estimate of drug-likeness (QED) is 0.796. The van der Waals surface area contributed by atoms with Gasteiger partial charge < -0.3 is 19.9 Å². The Morgan fingerprint density at radius 3 is 2.47 bits per heavy atom. The maximum atomic E-state index is 11.4. The van der Waals surface area contributed by atoms with Crippen LogP contribution in [0.2, 0.25) is 0 Å². The third-order valence-corrected chi connectivity index (χ3v) is 2.76. The van der Waals surface area contributed by atoms with Gasteiger partial charge in [-0.1, -0.05) is 13.8 Å². The molecule has 0 radical (unpaired) electrons. The number of esters is 1. The van der Waals surface area contributed by atoms with Crippen LogP contribution in [-0.4, -0.2) is 33.3 Å². The lowest BCUT2D eigenvalue weighted by Gasteiger charge is -2.23. The van der Waals surface area contributed by atoms with Gasteiger partial charge in [0.1, 0.15) is 0 Å². The Bertz CT molecular complexity index is 443. The number of carbonyl (C=O) groups is 1. The number of benzene rings is 1. The number of hydrogen-bond acceptors (Lipinski definition) is 5. The van der Waals surface area contributed by atoms with Gasteiger partial charge in [0.15, 0.2) is 11.5 Å². The van der Waals surface area contributed by atoms with Gasteiger partial charge >= 0.3 is 5.97 Å². The number of carbonyl (C=O) groups excluding carboxylic acids is 1. The molecule has 0 aliphatic carbocycles. The predicted molar refractivity (Wildman–Crippen MR) is 72.7 cm³/mol. The third kappa shape index (κ3) is 4.13. The second-order valence-corrected chi connectivity index (χ2v) is 5.01. The highest BCUT2D eigenvalue weighted by Gasteiger charge is 2.18. The van der Waals surface area contributed by atoms with E-state index in [1.54, 1.807) is 18.2 Å². The van der Waals surface area contributed by atoms with Gasteiger partial charge in [-0.3, -0.25) is 0 Å². The van der Waals surface area contributed by atoms with Crippen LogP contribution in [0.25, 0.3) is 0 Å². The summed E-state index contributed by atoms with van der Waals surface area (Å²) < 4.78 is 15.6. The second kappa shape index (κ2) is 6.43. The summed E-state index contributed by atoms with van der Waals surface area (Å²) >= 11 is 0. The fourth-order valence-corrected chi connectivity index (χ4v) is 1.36. The lowest BCUT2D eigenvalue weighted by molar-refractivity contribution is 0.0600. The molecule has 0 amide bonds. The molecule has 0 unspecified atom stereocenters. The largest absolute Gasteiger partial charge is 0.493 e. The van der Waals surface area contributed by atoms with Crippen molar-refractivity contribution >= 4 is 5.97 Å². The molecule has 0 saturated heterocycles. The summed E-state index contributed by atoms with van der Waals surface area (Å²) in [5.41, 5.74) is 5.95. The van der Waals surface area contributed by atoms with E-state index < -0.39 is 5.97 Å². The molecule has 0 atom stereocenters. The van der Waals surface area contributed by atoms with Crippen LogP contribution in [-0.2, 0) is 4.74 Å². The van der Waals surface area contributed by atoms with Gasteiger partial charge in [-0.2, -0.15) is 0 Å². The number of rotatable bonds is 6. The topological polar surface area (TPSA) is 70.8 Å². The Labute approximate surface area is 113 Å². The zero-order chi connectivity index (χ0) is 14.5. The van der Waals surface area contributed by atoms with E-state index in [0.29, 0.717) is 30.2 Å². The summed E-state index contributed by atoms with van der Waals surface area (Å²) in [6.07, 6.45) is 0. The van der Waals surface area contributed by atoms with Crippen LogP contribution in [0.3, 0.4) is 0 Å². The molecule has 2 N–H and O–H groups in total. The van der Waals surface area contributed by atoms with E-state index in [9.17, 15) is 4.79 Å². The average Bonchev–Trinajstić information content (AvgIpc) is 2.44.